The van der Waals surface area contributed by atoms with E-state index in [1.807, 2.05) is 14.0 Å². The molecule has 0 amide bonds. The monoisotopic (exact) mass is 300 g/mol. The quantitative estimate of drug-likeness (QED) is 0.760. The molecule has 3 rings (SSSR count). The van der Waals surface area contributed by atoms with Crippen LogP contribution in [0.1, 0.15) is 6.92 Å². The van der Waals surface area contributed by atoms with Crippen LogP contribution in [0.15, 0.2) is 17.3 Å². The zero-order chi connectivity index (χ0) is 14.3. The second-order valence-corrected chi connectivity index (χ2v) is 7.15. The Morgan fingerprint density at radius 2 is 2.25 bits per heavy atom. The largest absolute Gasteiger partial charge is 0.374 e. The van der Waals surface area contributed by atoms with Crippen LogP contribution < -0.4 is 0 Å². The summed E-state index contributed by atoms with van der Waals surface area (Å²) in [6, 6.07) is 1.71. The Labute approximate surface area is 119 Å². The molecule has 2 aliphatic heterocycles. The van der Waals surface area contributed by atoms with Gasteiger partial charge in [0.1, 0.15) is 0 Å². The molecule has 0 spiro atoms. The zero-order valence-corrected chi connectivity index (χ0v) is 12.6. The predicted molar refractivity (Wildman–Crippen MR) is 72.8 cm³/mol. The standard InChI is InChI=1S/C12H20N4O3S/c1-3-16-12(4-5-13-16)20(17,18)15-8-10-11(9-15)19-7-6-14(10)2/h4-5,10-11H,3,6-9H2,1-2H3/t10-,11+/m0/s1. The van der Waals surface area contributed by atoms with Crippen LogP contribution in [0, 0.1) is 0 Å². The van der Waals surface area contributed by atoms with E-state index in [-0.39, 0.29) is 17.2 Å². The smallest absolute Gasteiger partial charge is 0.260 e. The molecule has 2 aliphatic rings. The van der Waals surface area contributed by atoms with Gasteiger partial charge in [0.25, 0.3) is 10.0 Å². The Bertz CT molecular complexity index is 585. The molecule has 2 fully saturated rings. The fourth-order valence-corrected chi connectivity index (χ4v) is 4.56. The average molecular weight is 300 g/mol. The van der Waals surface area contributed by atoms with Crippen molar-refractivity contribution >= 4 is 10.0 Å². The Balaban J connectivity index is 1.86. The average Bonchev–Trinajstić information content (AvgIpc) is 3.06. The van der Waals surface area contributed by atoms with Gasteiger partial charge in [-0.25, -0.2) is 8.42 Å². The first kappa shape index (κ1) is 14.0. The fourth-order valence-electron chi connectivity index (χ4n) is 2.93. The Morgan fingerprint density at radius 3 is 2.95 bits per heavy atom. The van der Waals surface area contributed by atoms with Crippen LogP contribution in [-0.4, -0.2) is 72.8 Å². The lowest BCUT2D eigenvalue weighted by molar-refractivity contribution is -0.0366. The van der Waals surface area contributed by atoms with Gasteiger partial charge in [-0.05, 0) is 20.0 Å². The van der Waals surface area contributed by atoms with Gasteiger partial charge in [0.2, 0.25) is 0 Å². The summed E-state index contributed by atoms with van der Waals surface area (Å²) < 4.78 is 34.2. The van der Waals surface area contributed by atoms with Gasteiger partial charge in [-0.15, -0.1) is 0 Å². The molecule has 0 saturated carbocycles. The highest BCUT2D eigenvalue weighted by Crippen LogP contribution is 2.26. The van der Waals surface area contributed by atoms with Gasteiger partial charge in [0.15, 0.2) is 5.03 Å². The second kappa shape index (κ2) is 5.10. The van der Waals surface area contributed by atoms with Crippen LogP contribution in [0.25, 0.3) is 0 Å². The van der Waals surface area contributed by atoms with Crippen molar-refractivity contribution in [2.45, 2.75) is 30.6 Å². The van der Waals surface area contributed by atoms with E-state index >= 15 is 0 Å². The van der Waals surface area contributed by atoms with Crippen LogP contribution in [0.3, 0.4) is 0 Å². The van der Waals surface area contributed by atoms with E-state index in [9.17, 15) is 8.42 Å². The lowest BCUT2D eigenvalue weighted by Gasteiger charge is -2.33. The molecule has 0 unspecified atom stereocenters. The molecule has 1 aromatic heterocycles. The highest BCUT2D eigenvalue weighted by Gasteiger charge is 2.44. The van der Waals surface area contributed by atoms with Crippen LogP contribution in [-0.2, 0) is 21.3 Å². The number of sulfonamides is 1. The molecule has 0 bridgehead atoms. The number of ether oxygens (including phenoxy) is 1. The summed E-state index contributed by atoms with van der Waals surface area (Å²) in [6.07, 6.45) is 1.50. The summed E-state index contributed by atoms with van der Waals surface area (Å²) in [5.41, 5.74) is 0. The number of morpholine rings is 1. The van der Waals surface area contributed by atoms with Crippen molar-refractivity contribution in [3.8, 4) is 0 Å². The summed E-state index contributed by atoms with van der Waals surface area (Å²) in [4.78, 5) is 2.18. The highest BCUT2D eigenvalue weighted by molar-refractivity contribution is 7.89. The van der Waals surface area contributed by atoms with Crippen molar-refractivity contribution in [2.24, 2.45) is 0 Å². The van der Waals surface area contributed by atoms with Gasteiger partial charge in [0, 0.05) is 26.2 Å². The lowest BCUT2D eigenvalue weighted by Crippen LogP contribution is -2.48. The maximum atomic E-state index is 12.7. The lowest BCUT2D eigenvalue weighted by atomic mass is 10.1. The number of rotatable bonds is 3. The molecule has 112 valence electrons. The predicted octanol–water partition coefficient (Wildman–Crippen LogP) is -0.393. The molecule has 0 aliphatic carbocycles. The van der Waals surface area contributed by atoms with Gasteiger partial charge in [0.05, 0.1) is 24.9 Å². The maximum Gasteiger partial charge on any atom is 0.260 e. The van der Waals surface area contributed by atoms with Gasteiger partial charge < -0.3 is 4.74 Å². The molecule has 3 heterocycles. The molecule has 2 atom stereocenters. The Morgan fingerprint density at radius 1 is 1.45 bits per heavy atom. The van der Waals surface area contributed by atoms with Gasteiger partial charge >= 0.3 is 0 Å². The van der Waals surface area contributed by atoms with Gasteiger partial charge in [-0.1, -0.05) is 0 Å². The van der Waals surface area contributed by atoms with E-state index in [2.05, 4.69) is 10.00 Å². The summed E-state index contributed by atoms with van der Waals surface area (Å²) in [6.45, 7) is 4.84. The SMILES string of the molecule is CCn1nccc1S(=O)(=O)N1C[C@H]2OCCN(C)[C@H]2C1. The second-order valence-electron chi connectivity index (χ2n) is 5.26. The summed E-state index contributed by atoms with van der Waals surface area (Å²) in [5, 5.41) is 4.31. The molecule has 2 saturated heterocycles. The van der Waals surface area contributed by atoms with Crippen molar-refractivity contribution in [1.82, 2.24) is 19.0 Å². The molecule has 0 aromatic carbocycles. The first-order valence-corrected chi connectivity index (χ1v) is 8.32. The molecular formula is C12H20N4O3S. The van der Waals surface area contributed by atoms with Crippen molar-refractivity contribution < 1.29 is 13.2 Å². The fraction of sp³-hybridized carbons (Fsp3) is 0.750. The molecule has 1 aromatic rings. The van der Waals surface area contributed by atoms with Crippen molar-refractivity contribution in [3.63, 3.8) is 0 Å². The topological polar surface area (TPSA) is 67.7 Å². The number of aromatic nitrogens is 2. The number of likely N-dealkylation sites (N-methyl/N-ethyl adjacent to an activating group) is 1. The summed E-state index contributed by atoms with van der Waals surface area (Å²) >= 11 is 0. The van der Waals surface area contributed by atoms with Crippen LogP contribution in [0.4, 0.5) is 0 Å². The third kappa shape index (κ3) is 2.16. The summed E-state index contributed by atoms with van der Waals surface area (Å²) in [5.74, 6) is 0. The van der Waals surface area contributed by atoms with Crippen molar-refractivity contribution in [2.75, 3.05) is 33.3 Å². The molecule has 0 radical (unpaired) electrons. The molecule has 8 heteroatoms. The zero-order valence-electron chi connectivity index (χ0n) is 11.8. The third-order valence-electron chi connectivity index (χ3n) is 4.13. The number of nitrogens with zero attached hydrogens (tertiary/aromatic N) is 4. The van der Waals surface area contributed by atoms with Crippen LogP contribution in [0.5, 0.6) is 0 Å². The van der Waals surface area contributed by atoms with Gasteiger partial charge in [-0.3, -0.25) is 9.58 Å². The number of hydrogen-bond donors (Lipinski definition) is 0. The number of hydrogen-bond acceptors (Lipinski definition) is 5. The van der Waals surface area contributed by atoms with Gasteiger partial charge in [-0.2, -0.15) is 9.40 Å². The van der Waals surface area contributed by atoms with Crippen molar-refractivity contribution in [1.29, 1.82) is 0 Å². The molecular weight excluding hydrogens is 280 g/mol. The molecule has 7 nitrogen and oxygen atoms in total. The first-order valence-electron chi connectivity index (χ1n) is 6.88. The first-order chi connectivity index (χ1) is 9.54. The van der Waals surface area contributed by atoms with E-state index < -0.39 is 10.0 Å². The maximum absolute atomic E-state index is 12.7. The summed E-state index contributed by atoms with van der Waals surface area (Å²) in [7, 11) is -1.47. The van der Waals surface area contributed by atoms with Crippen molar-refractivity contribution in [3.05, 3.63) is 12.3 Å². The van der Waals surface area contributed by atoms with E-state index in [0.717, 1.165) is 6.54 Å². The molecule has 20 heavy (non-hydrogen) atoms. The minimum Gasteiger partial charge on any atom is -0.374 e. The minimum atomic E-state index is -3.49. The van der Waals surface area contributed by atoms with E-state index in [1.54, 1.807) is 6.07 Å². The Hall–Kier alpha value is -0.960. The van der Waals surface area contributed by atoms with Crippen LogP contribution >= 0.6 is 0 Å². The number of fused-ring (bicyclic) bond motifs is 1. The van der Waals surface area contributed by atoms with E-state index in [4.69, 9.17) is 4.74 Å². The number of aryl methyl sites for hydroxylation is 1. The minimum absolute atomic E-state index is 0.0264. The molecule has 0 N–H and O–H groups in total. The third-order valence-corrected chi connectivity index (χ3v) is 5.98. The van der Waals surface area contributed by atoms with E-state index in [1.165, 1.54) is 15.2 Å². The Kier molecular flexibility index (Phi) is 3.57. The van der Waals surface area contributed by atoms with Crippen LogP contribution in [0.2, 0.25) is 0 Å². The van der Waals surface area contributed by atoms with E-state index in [0.29, 0.717) is 26.2 Å². The highest BCUT2D eigenvalue weighted by atomic mass is 32.2. The normalized spacial score (nSPS) is 28.7.